The summed E-state index contributed by atoms with van der Waals surface area (Å²) in [5.74, 6) is -0.464. The molecule has 0 spiro atoms. The van der Waals surface area contributed by atoms with E-state index in [0.717, 1.165) is 0 Å². The van der Waals surface area contributed by atoms with Crippen molar-refractivity contribution in [1.82, 2.24) is 9.97 Å². The molecule has 16 heavy (non-hydrogen) atoms. The Hall–Kier alpha value is -2.50. The largest absolute Gasteiger partial charge is 0.350 e. The average Bonchev–Trinajstić information content (AvgIpc) is 2.81. The number of hydrogen-bond acceptors (Lipinski definition) is 4. The lowest BCUT2D eigenvalue weighted by Crippen LogP contribution is -2.05. The van der Waals surface area contributed by atoms with E-state index in [0.29, 0.717) is 0 Å². The molecule has 1 aromatic heterocycles. The standard InChI is InChI=1S/C10H7N3O3/c14-10(8-5-11-6-12-8)7-3-1-2-4-9(7)13(15)16/h1-6H,(H,11,12). The second kappa shape index (κ2) is 3.93. The number of carbonyl (C=O) groups is 1. The summed E-state index contributed by atoms with van der Waals surface area (Å²) in [6.07, 6.45) is 2.75. The predicted octanol–water partition coefficient (Wildman–Crippen LogP) is 1.55. The van der Waals surface area contributed by atoms with Gasteiger partial charge >= 0.3 is 0 Å². The number of nitro benzene ring substituents is 1. The van der Waals surface area contributed by atoms with Gasteiger partial charge in [0.2, 0.25) is 5.78 Å². The Labute approximate surface area is 90.1 Å². The van der Waals surface area contributed by atoms with Gasteiger partial charge in [-0.05, 0) is 6.07 Å². The van der Waals surface area contributed by atoms with Gasteiger partial charge in [-0.3, -0.25) is 14.9 Å². The van der Waals surface area contributed by atoms with E-state index < -0.39 is 10.7 Å². The fraction of sp³-hybridized carbons (Fsp3) is 0. The Kier molecular flexibility index (Phi) is 2.47. The van der Waals surface area contributed by atoms with Crippen LogP contribution in [0, 0.1) is 10.1 Å². The van der Waals surface area contributed by atoms with Gasteiger partial charge in [-0.1, -0.05) is 12.1 Å². The number of para-hydroxylation sites is 1. The van der Waals surface area contributed by atoms with Gasteiger partial charge in [0, 0.05) is 12.3 Å². The van der Waals surface area contributed by atoms with Crippen LogP contribution < -0.4 is 0 Å². The zero-order valence-electron chi connectivity index (χ0n) is 8.08. The first-order valence-electron chi connectivity index (χ1n) is 4.47. The third kappa shape index (κ3) is 1.68. The molecule has 0 fully saturated rings. The highest BCUT2D eigenvalue weighted by Gasteiger charge is 2.21. The molecule has 6 nitrogen and oxygen atoms in total. The van der Waals surface area contributed by atoms with E-state index in [1.165, 1.54) is 30.7 Å². The maximum absolute atomic E-state index is 11.8. The lowest BCUT2D eigenvalue weighted by Gasteiger charge is -1.98. The predicted molar refractivity (Wildman–Crippen MR) is 55.1 cm³/mol. The summed E-state index contributed by atoms with van der Waals surface area (Å²) in [6.45, 7) is 0. The van der Waals surface area contributed by atoms with Crippen LogP contribution in [0.4, 0.5) is 5.69 Å². The number of benzene rings is 1. The lowest BCUT2D eigenvalue weighted by atomic mass is 10.1. The molecule has 1 heterocycles. The second-order valence-electron chi connectivity index (χ2n) is 3.06. The highest BCUT2D eigenvalue weighted by molar-refractivity contribution is 6.10. The van der Waals surface area contributed by atoms with Crippen molar-refractivity contribution in [3.8, 4) is 0 Å². The molecule has 2 aromatic rings. The van der Waals surface area contributed by atoms with Gasteiger partial charge in [-0.15, -0.1) is 0 Å². The summed E-state index contributed by atoms with van der Waals surface area (Å²) in [4.78, 5) is 28.4. The molecule has 80 valence electrons. The normalized spacial score (nSPS) is 10.0. The van der Waals surface area contributed by atoms with Crippen LogP contribution in [0.3, 0.4) is 0 Å². The summed E-state index contributed by atoms with van der Waals surface area (Å²) in [7, 11) is 0. The Bertz CT molecular complexity index is 534. The number of nitro groups is 1. The molecule has 1 aromatic carbocycles. The number of nitrogens with one attached hydrogen (secondary N) is 1. The van der Waals surface area contributed by atoms with Crippen molar-refractivity contribution >= 4 is 11.5 Å². The van der Waals surface area contributed by atoms with E-state index in [1.807, 2.05) is 0 Å². The molecule has 2 rings (SSSR count). The Morgan fingerprint density at radius 2 is 2.12 bits per heavy atom. The monoisotopic (exact) mass is 217 g/mol. The summed E-state index contributed by atoms with van der Waals surface area (Å²) < 4.78 is 0. The number of aromatic nitrogens is 2. The van der Waals surface area contributed by atoms with Gasteiger partial charge in [-0.25, -0.2) is 4.98 Å². The SMILES string of the molecule is O=C(c1c[nH]cn1)c1ccccc1[N+](=O)[O-]. The molecule has 0 amide bonds. The zero-order chi connectivity index (χ0) is 11.5. The summed E-state index contributed by atoms with van der Waals surface area (Å²) in [5, 5.41) is 10.7. The third-order valence-electron chi connectivity index (χ3n) is 2.08. The molecule has 0 saturated carbocycles. The topological polar surface area (TPSA) is 88.9 Å². The maximum Gasteiger partial charge on any atom is 0.280 e. The molecule has 1 N–H and O–H groups in total. The molecule has 0 aliphatic heterocycles. The van der Waals surface area contributed by atoms with Crippen LogP contribution in [0.5, 0.6) is 0 Å². The van der Waals surface area contributed by atoms with Gasteiger partial charge in [-0.2, -0.15) is 0 Å². The molecule has 6 heteroatoms. The van der Waals surface area contributed by atoms with Crippen molar-refractivity contribution in [3.63, 3.8) is 0 Å². The molecule has 0 aliphatic rings. The first-order chi connectivity index (χ1) is 7.70. The van der Waals surface area contributed by atoms with Crippen LogP contribution in [-0.2, 0) is 0 Å². The molecule has 0 saturated heterocycles. The van der Waals surface area contributed by atoms with Crippen molar-refractivity contribution < 1.29 is 9.72 Å². The van der Waals surface area contributed by atoms with Gasteiger partial charge in [0.25, 0.3) is 5.69 Å². The molecule has 0 aliphatic carbocycles. The minimum Gasteiger partial charge on any atom is -0.350 e. The molecule has 0 radical (unpaired) electrons. The van der Waals surface area contributed by atoms with Crippen LogP contribution in [0.15, 0.2) is 36.8 Å². The molecular formula is C10H7N3O3. The number of rotatable bonds is 3. The van der Waals surface area contributed by atoms with Crippen molar-refractivity contribution in [2.24, 2.45) is 0 Å². The lowest BCUT2D eigenvalue weighted by molar-refractivity contribution is -0.385. The van der Waals surface area contributed by atoms with E-state index in [2.05, 4.69) is 9.97 Å². The second-order valence-corrected chi connectivity index (χ2v) is 3.06. The van der Waals surface area contributed by atoms with Gasteiger partial charge in [0.15, 0.2) is 0 Å². The molecule has 0 bridgehead atoms. The average molecular weight is 217 g/mol. The number of imidazole rings is 1. The minimum atomic E-state index is -0.583. The van der Waals surface area contributed by atoms with Crippen LogP contribution in [0.2, 0.25) is 0 Å². The Morgan fingerprint density at radius 3 is 2.75 bits per heavy atom. The minimum absolute atomic E-state index is 0.0413. The Balaban J connectivity index is 2.49. The van der Waals surface area contributed by atoms with E-state index in [1.54, 1.807) is 6.07 Å². The van der Waals surface area contributed by atoms with Crippen molar-refractivity contribution in [3.05, 3.63) is 58.2 Å². The van der Waals surface area contributed by atoms with Crippen LogP contribution in [-0.4, -0.2) is 20.7 Å². The van der Waals surface area contributed by atoms with Crippen molar-refractivity contribution in [2.75, 3.05) is 0 Å². The molecule has 0 atom stereocenters. The summed E-state index contributed by atoms with van der Waals surface area (Å²) in [5.41, 5.74) is -0.00981. The number of aromatic amines is 1. The molecular weight excluding hydrogens is 210 g/mol. The number of nitrogens with zero attached hydrogens (tertiary/aromatic N) is 2. The van der Waals surface area contributed by atoms with E-state index >= 15 is 0 Å². The highest BCUT2D eigenvalue weighted by atomic mass is 16.6. The fourth-order valence-corrected chi connectivity index (χ4v) is 1.35. The number of carbonyl (C=O) groups excluding carboxylic acids is 1. The zero-order valence-corrected chi connectivity index (χ0v) is 8.08. The maximum atomic E-state index is 11.8. The van der Waals surface area contributed by atoms with Crippen molar-refractivity contribution in [2.45, 2.75) is 0 Å². The van der Waals surface area contributed by atoms with Gasteiger partial charge < -0.3 is 4.98 Å². The number of ketones is 1. The van der Waals surface area contributed by atoms with Crippen molar-refractivity contribution in [1.29, 1.82) is 0 Å². The van der Waals surface area contributed by atoms with Crippen LogP contribution in [0.25, 0.3) is 0 Å². The van der Waals surface area contributed by atoms with Gasteiger partial charge in [0.05, 0.1) is 11.3 Å². The van der Waals surface area contributed by atoms with Crippen LogP contribution >= 0.6 is 0 Å². The van der Waals surface area contributed by atoms with Crippen LogP contribution in [0.1, 0.15) is 16.1 Å². The quantitative estimate of drug-likeness (QED) is 0.479. The number of H-pyrrole nitrogens is 1. The highest BCUT2D eigenvalue weighted by Crippen LogP contribution is 2.20. The first kappa shape index (κ1) is 10.0. The summed E-state index contributed by atoms with van der Waals surface area (Å²) >= 11 is 0. The molecule has 0 unspecified atom stereocenters. The summed E-state index contributed by atoms with van der Waals surface area (Å²) in [6, 6.07) is 5.79. The smallest absolute Gasteiger partial charge is 0.280 e. The van der Waals surface area contributed by atoms with E-state index in [4.69, 9.17) is 0 Å². The fourth-order valence-electron chi connectivity index (χ4n) is 1.35. The van der Waals surface area contributed by atoms with E-state index in [9.17, 15) is 14.9 Å². The van der Waals surface area contributed by atoms with E-state index in [-0.39, 0.29) is 16.9 Å². The van der Waals surface area contributed by atoms with Gasteiger partial charge in [0.1, 0.15) is 11.3 Å². The Morgan fingerprint density at radius 1 is 1.38 bits per heavy atom. The number of hydrogen-bond donors (Lipinski definition) is 1. The third-order valence-corrected chi connectivity index (χ3v) is 2.08. The first-order valence-corrected chi connectivity index (χ1v) is 4.47.